The van der Waals surface area contributed by atoms with Crippen molar-refractivity contribution in [1.29, 1.82) is 10.5 Å². The number of carbonyl (C=O) groups is 1. The highest BCUT2D eigenvalue weighted by Crippen LogP contribution is 2.13. The molecule has 0 spiro atoms. The van der Waals surface area contributed by atoms with Gasteiger partial charge in [0.1, 0.15) is 5.75 Å². The third-order valence-electron chi connectivity index (χ3n) is 1.84. The Kier molecular flexibility index (Phi) is 3.88. The van der Waals surface area contributed by atoms with E-state index in [1.54, 1.807) is 24.3 Å². The molecule has 0 aromatic heterocycles. The van der Waals surface area contributed by atoms with Gasteiger partial charge < -0.3 is 4.74 Å². The van der Waals surface area contributed by atoms with E-state index >= 15 is 0 Å². The summed E-state index contributed by atoms with van der Waals surface area (Å²) >= 11 is 0. The normalized spacial score (nSPS) is 10.7. The number of nitriles is 2. The number of hydrogen-bond acceptors (Lipinski definition) is 4. The maximum atomic E-state index is 11.2. The van der Waals surface area contributed by atoms with Crippen LogP contribution in [0.4, 0.5) is 0 Å². The van der Waals surface area contributed by atoms with Crippen molar-refractivity contribution in [3.05, 3.63) is 29.8 Å². The van der Waals surface area contributed by atoms with Crippen LogP contribution in [-0.4, -0.2) is 12.0 Å². The van der Waals surface area contributed by atoms with Gasteiger partial charge in [-0.05, 0) is 31.2 Å². The molecule has 0 heterocycles. The van der Waals surface area contributed by atoms with Crippen molar-refractivity contribution in [1.82, 2.24) is 5.32 Å². The van der Waals surface area contributed by atoms with Crippen LogP contribution in [0.15, 0.2) is 24.3 Å². The largest absolute Gasteiger partial charge is 0.481 e. The van der Waals surface area contributed by atoms with Crippen LogP contribution in [0, 0.1) is 22.8 Å². The van der Waals surface area contributed by atoms with Gasteiger partial charge in [-0.25, -0.2) is 0 Å². The summed E-state index contributed by atoms with van der Waals surface area (Å²) in [6, 6.07) is 8.33. The van der Waals surface area contributed by atoms with Gasteiger partial charge >= 0.3 is 0 Å². The summed E-state index contributed by atoms with van der Waals surface area (Å²) in [5.41, 5.74) is 0.515. The SMILES string of the molecule is CC(Oc1ccc(C#N)cc1)C(=O)NC#N. The smallest absolute Gasteiger partial charge is 0.273 e. The molecule has 0 bridgehead atoms. The molecule has 0 aliphatic rings. The fraction of sp³-hybridized carbons (Fsp3) is 0.182. The molecule has 0 radical (unpaired) electrons. The average molecular weight is 215 g/mol. The highest BCUT2D eigenvalue weighted by Gasteiger charge is 2.13. The van der Waals surface area contributed by atoms with Crippen molar-refractivity contribution in [2.24, 2.45) is 0 Å². The minimum Gasteiger partial charge on any atom is -0.481 e. The minimum absolute atomic E-state index is 0.472. The first-order valence-electron chi connectivity index (χ1n) is 4.53. The molecule has 1 unspecified atom stereocenters. The molecule has 1 rings (SSSR count). The Hall–Kier alpha value is -2.53. The van der Waals surface area contributed by atoms with Gasteiger partial charge in [0.25, 0.3) is 5.91 Å². The van der Waals surface area contributed by atoms with Gasteiger partial charge in [0, 0.05) is 0 Å². The lowest BCUT2D eigenvalue weighted by molar-refractivity contribution is -0.126. The van der Waals surface area contributed by atoms with Crippen LogP contribution in [0.1, 0.15) is 12.5 Å². The van der Waals surface area contributed by atoms with Crippen molar-refractivity contribution in [3.63, 3.8) is 0 Å². The van der Waals surface area contributed by atoms with E-state index in [0.717, 1.165) is 0 Å². The average Bonchev–Trinajstić information content (AvgIpc) is 2.30. The molecule has 0 saturated carbocycles. The predicted molar refractivity (Wildman–Crippen MR) is 55.0 cm³/mol. The van der Waals surface area contributed by atoms with E-state index in [2.05, 4.69) is 0 Å². The Labute approximate surface area is 92.9 Å². The first kappa shape index (κ1) is 11.5. The molecule has 0 aliphatic heterocycles. The molecule has 0 fully saturated rings. The van der Waals surface area contributed by atoms with Gasteiger partial charge in [0.2, 0.25) is 0 Å². The predicted octanol–water partition coefficient (Wildman–Crippen LogP) is 0.923. The number of amides is 1. The van der Waals surface area contributed by atoms with E-state index in [1.165, 1.54) is 13.1 Å². The fourth-order valence-electron chi connectivity index (χ4n) is 1.02. The molecule has 5 heteroatoms. The second kappa shape index (κ2) is 5.38. The van der Waals surface area contributed by atoms with Crippen LogP contribution >= 0.6 is 0 Å². The number of nitrogens with zero attached hydrogens (tertiary/aromatic N) is 2. The summed E-state index contributed by atoms with van der Waals surface area (Å²) in [6.07, 6.45) is 0.773. The molecule has 1 N–H and O–H groups in total. The van der Waals surface area contributed by atoms with Crippen LogP contribution in [0.25, 0.3) is 0 Å². The summed E-state index contributed by atoms with van der Waals surface area (Å²) < 4.78 is 5.26. The summed E-state index contributed by atoms with van der Waals surface area (Å²) in [4.78, 5) is 11.2. The quantitative estimate of drug-likeness (QED) is 0.600. The molecule has 80 valence electrons. The van der Waals surface area contributed by atoms with E-state index in [9.17, 15) is 4.79 Å². The number of benzene rings is 1. The Morgan fingerprint density at radius 2 is 2.00 bits per heavy atom. The highest BCUT2D eigenvalue weighted by atomic mass is 16.5. The summed E-state index contributed by atoms with van der Waals surface area (Å²) in [5, 5.41) is 18.8. The molecule has 1 atom stereocenters. The van der Waals surface area contributed by atoms with E-state index < -0.39 is 12.0 Å². The molecule has 0 aliphatic carbocycles. The molecule has 1 aromatic rings. The third-order valence-corrected chi connectivity index (χ3v) is 1.84. The minimum atomic E-state index is -0.757. The topological polar surface area (TPSA) is 85.9 Å². The van der Waals surface area contributed by atoms with Gasteiger partial charge in [-0.2, -0.15) is 10.5 Å². The second-order valence-corrected chi connectivity index (χ2v) is 3.00. The van der Waals surface area contributed by atoms with Gasteiger partial charge in [-0.3, -0.25) is 10.1 Å². The summed E-state index contributed by atoms with van der Waals surface area (Å²) in [7, 11) is 0. The number of rotatable bonds is 3. The third kappa shape index (κ3) is 3.00. The van der Waals surface area contributed by atoms with Gasteiger partial charge in [-0.15, -0.1) is 0 Å². The number of hydrogen-bond donors (Lipinski definition) is 1. The zero-order valence-corrected chi connectivity index (χ0v) is 8.60. The maximum Gasteiger partial charge on any atom is 0.273 e. The van der Waals surface area contributed by atoms with E-state index in [0.29, 0.717) is 11.3 Å². The second-order valence-electron chi connectivity index (χ2n) is 3.00. The lowest BCUT2D eigenvalue weighted by Gasteiger charge is -2.11. The summed E-state index contributed by atoms with van der Waals surface area (Å²) in [6.45, 7) is 1.53. The molecule has 1 aromatic carbocycles. The Morgan fingerprint density at radius 1 is 1.38 bits per heavy atom. The fourth-order valence-corrected chi connectivity index (χ4v) is 1.02. The zero-order chi connectivity index (χ0) is 12.0. The van der Waals surface area contributed by atoms with Gasteiger partial charge in [0.15, 0.2) is 12.3 Å². The van der Waals surface area contributed by atoms with Crippen molar-refractivity contribution in [2.45, 2.75) is 13.0 Å². The first-order chi connectivity index (χ1) is 7.67. The molecular formula is C11H9N3O2. The van der Waals surface area contributed by atoms with Crippen LogP contribution in [0.2, 0.25) is 0 Å². The molecule has 1 amide bonds. The van der Waals surface area contributed by atoms with Crippen LogP contribution in [0.5, 0.6) is 5.75 Å². The van der Waals surface area contributed by atoms with E-state index in [-0.39, 0.29) is 0 Å². The van der Waals surface area contributed by atoms with Crippen LogP contribution in [-0.2, 0) is 4.79 Å². The number of nitrogens with one attached hydrogen (secondary N) is 1. The van der Waals surface area contributed by atoms with Crippen LogP contribution < -0.4 is 10.1 Å². The number of carbonyl (C=O) groups excluding carboxylic acids is 1. The summed E-state index contributed by atoms with van der Waals surface area (Å²) in [5.74, 6) is -0.0357. The number of ether oxygens (including phenoxy) is 1. The molecule has 5 nitrogen and oxygen atoms in total. The Bertz CT molecular complexity index is 454. The van der Waals surface area contributed by atoms with Crippen molar-refractivity contribution in [3.8, 4) is 18.0 Å². The zero-order valence-electron chi connectivity index (χ0n) is 8.60. The lowest BCUT2D eigenvalue weighted by atomic mass is 10.2. The lowest BCUT2D eigenvalue weighted by Crippen LogP contribution is -2.33. The maximum absolute atomic E-state index is 11.2. The van der Waals surface area contributed by atoms with Gasteiger partial charge in [0.05, 0.1) is 11.6 Å². The van der Waals surface area contributed by atoms with Crippen molar-refractivity contribution >= 4 is 5.91 Å². The van der Waals surface area contributed by atoms with Crippen molar-refractivity contribution in [2.75, 3.05) is 0 Å². The van der Waals surface area contributed by atoms with E-state index in [4.69, 9.17) is 15.3 Å². The monoisotopic (exact) mass is 215 g/mol. The standard InChI is InChI=1S/C11H9N3O2/c1-8(11(15)14-7-13)16-10-4-2-9(6-12)3-5-10/h2-5,8H,1H3,(H,14,15). The first-order valence-corrected chi connectivity index (χ1v) is 4.53. The Morgan fingerprint density at radius 3 is 2.50 bits per heavy atom. The Balaban J connectivity index is 2.64. The highest BCUT2D eigenvalue weighted by molar-refractivity contribution is 5.81. The van der Waals surface area contributed by atoms with E-state index in [1.807, 2.05) is 11.4 Å². The molecular weight excluding hydrogens is 206 g/mol. The molecule has 16 heavy (non-hydrogen) atoms. The van der Waals surface area contributed by atoms with Gasteiger partial charge in [-0.1, -0.05) is 0 Å². The molecule has 0 saturated heterocycles. The van der Waals surface area contributed by atoms with Crippen molar-refractivity contribution < 1.29 is 9.53 Å². The van der Waals surface area contributed by atoms with Crippen LogP contribution in [0.3, 0.4) is 0 Å².